The monoisotopic (exact) mass is 399 g/mol. The Morgan fingerprint density at radius 2 is 1.76 bits per heavy atom. The van der Waals surface area contributed by atoms with Crippen LogP contribution in [-0.4, -0.2) is 32.7 Å². The van der Waals surface area contributed by atoms with Gasteiger partial charge in [0.1, 0.15) is 23.1 Å². The third-order valence-corrected chi connectivity index (χ3v) is 3.95. The van der Waals surface area contributed by atoms with Crippen molar-refractivity contribution in [2.24, 2.45) is 0 Å². The van der Waals surface area contributed by atoms with Gasteiger partial charge in [0.25, 0.3) is 5.91 Å². The molecule has 150 valence electrons. The second-order valence-electron chi connectivity index (χ2n) is 5.86. The van der Waals surface area contributed by atoms with Crippen LogP contribution in [0, 0.1) is 5.82 Å². The summed E-state index contributed by atoms with van der Waals surface area (Å²) in [6.07, 6.45) is 0. The summed E-state index contributed by atoms with van der Waals surface area (Å²) in [6, 6.07) is 13.5. The number of anilines is 1. The highest BCUT2D eigenvalue weighted by molar-refractivity contribution is 5.96. The molecule has 0 aliphatic heterocycles. The molecule has 0 atom stereocenters. The molecule has 3 aromatic rings. The molecule has 0 fully saturated rings. The average Bonchev–Trinajstić information content (AvgIpc) is 3.23. The Morgan fingerprint density at radius 3 is 2.45 bits per heavy atom. The first kappa shape index (κ1) is 19.9. The molecule has 0 saturated carbocycles. The minimum atomic E-state index is -0.800. The molecule has 0 saturated heterocycles. The van der Waals surface area contributed by atoms with Crippen LogP contribution < -0.4 is 14.8 Å². The summed E-state index contributed by atoms with van der Waals surface area (Å²) in [4.78, 5) is 24.2. The van der Waals surface area contributed by atoms with E-state index in [2.05, 4.69) is 5.32 Å². The van der Waals surface area contributed by atoms with Crippen LogP contribution in [0.4, 0.5) is 10.1 Å². The smallest absolute Gasteiger partial charge is 0.374 e. The highest BCUT2D eigenvalue weighted by atomic mass is 19.1. The van der Waals surface area contributed by atoms with E-state index in [-0.39, 0.29) is 11.6 Å². The van der Waals surface area contributed by atoms with E-state index < -0.39 is 18.5 Å². The fourth-order valence-electron chi connectivity index (χ4n) is 2.52. The molecule has 1 N–H and O–H groups in total. The number of halogens is 1. The summed E-state index contributed by atoms with van der Waals surface area (Å²) in [7, 11) is 2.96. The highest BCUT2D eigenvalue weighted by Crippen LogP contribution is 2.29. The van der Waals surface area contributed by atoms with E-state index in [0.29, 0.717) is 28.5 Å². The van der Waals surface area contributed by atoms with E-state index in [4.69, 9.17) is 18.6 Å². The van der Waals surface area contributed by atoms with Crippen LogP contribution in [-0.2, 0) is 9.53 Å². The van der Waals surface area contributed by atoms with Crippen molar-refractivity contribution in [3.63, 3.8) is 0 Å². The van der Waals surface area contributed by atoms with Gasteiger partial charge in [-0.15, -0.1) is 0 Å². The summed E-state index contributed by atoms with van der Waals surface area (Å²) >= 11 is 0. The van der Waals surface area contributed by atoms with Crippen LogP contribution >= 0.6 is 0 Å². The van der Waals surface area contributed by atoms with Crippen LogP contribution in [0.15, 0.2) is 59.0 Å². The SMILES string of the molecule is COc1ccc(OC)c(NC(=O)COC(=O)c2ccc(-c3ccc(F)cc3)o2)c1. The van der Waals surface area contributed by atoms with Crippen LogP contribution in [0.5, 0.6) is 11.5 Å². The van der Waals surface area contributed by atoms with Gasteiger partial charge in [-0.1, -0.05) is 0 Å². The molecule has 1 aromatic heterocycles. The molecule has 0 radical (unpaired) electrons. The molecule has 0 spiro atoms. The van der Waals surface area contributed by atoms with Crippen LogP contribution in [0.3, 0.4) is 0 Å². The van der Waals surface area contributed by atoms with Crippen molar-refractivity contribution >= 4 is 17.6 Å². The highest BCUT2D eigenvalue weighted by Gasteiger charge is 2.16. The minimum absolute atomic E-state index is 0.0731. The quantitative estimate of drug-likeness (QED) is 0.607. The number of hydrogen-bond donors (Lipinski definition) is 1. The van der Waals surface area contributed by atoms with Crippen molar-refractivity contribution in [1.82, 2.24) is 0 Å². The lowest BCUT2D eigenvalue weighted by atomic mass is 10.2. The van der Waals surface area contributed by atoms with Gasteiger partial charge in [-0.3, -0.25) is 4.79 Å². The third kappa shape index (κ3) is 4.92. The topological polar surface area (TPSA) is 87.0 Å². The number of nitrogens with one attached hydrogen (secondary N) is 1. The van der Waals surface area contributed by atoms with Crippen molar-refractivity contribution in [1.29, 1.82) is 0 Å². The van der Waals surface area contributed by atoms with E-state index in [1.807, 2.05) is 0 Å². The molecule has 1 amide bonds. The maximum absolute atomic E-state index is 13.0. The molecule has 0 aliphatic carbocycles. The van der Waals surface area contributed by atoms with Gasteiger partial charge >= 0.3 is 5.97 Å². The molecule has 3 rings (SSSR count). The molecule has 29 heavy (non-hydrogen) atoms. The fraction of sp³-hybridized carbons (Fsp3) is 0.143. The molecular formula is C21H18FNO6. The number of amides is 1. The predicted octanol–water partition coefficient (Wildman–Crippen LogP) is 3.90. The van der Waals surface area contributed by atoms with Crippen LogP contribution in [0.1, 0.15) is 10.6 Å². The van der Waals surface area contributed by atoms with Gasteiger partial charge in [0.05, 0.1) is 19.9 Å². The number of carbonyl (C=O) groups is 2. The van der Waals surface area contributed by atoms with Gasteiger partial charge in [-0.2, -0.15) is 0 Å². The van der Waals surface area contributed by atoms with Crippen LogP contribution in [0.2, 0.25) is 0 Å². The Morgan fingerprint density at radius 1 is 1.00 bits per heavy atom. The third-order valence-electron chi connectivity index (χ3n) is 3.95. The van der Waals surface area contributed by atoms with Gasteiger partial charge in [-0.05, 0) is 48.5 Å². The van der Waals surface area contributed by atoms with E-state index >= 15 is 0 Å². The van der Waals surface area contributed by atoms with Crippen molar-refractivity contribution in [3.8, 4) is 22.8 Å². The zero-order valence-corrected chi connectivity index (χ0v) is 15.7. The number of rotatable bonds is 7. The number of ether oxygens (including phenoxy) is 3. The second kappa shape index (κ2) is 8.92. The Labute approximate surface area is 166 Å². The lowest BCUT2D eigenvalue weighted by molar-refractivity contribution is -0.119. The second-order valence-corrected chi connectivity index (χ2v) is 5.86. The summed E-state index contributed by atoms with van der Waals surface area (Å²) in [6.45, 7) is -0.522. The number of carbonyl (C=O) groups excluding carboxylic acids is 2. The Balaban J connectivity index is 1.59. The molecule has 2 aromatic carbocycles. The zero-order valence-electron chi connectivity index (χ0n) is 15.7. The number of furan rings is 1. The number of methoxy groups -OCH3 is 2. The van der Waals surface area contributed by atoms with Crippen molar-refractivity contribution in [3.05, 3.63) is 66.2 Å². The maximum Gasteiger partial charge on any atom is 0.374 e. The number of benzene rings is 2. The average molecular weight is 399 g/mol. The zero-order chi connectivity index (χ0) is 20.8. The van der Waals surface area contributed by atoms with E-state index in [0.717, 1.165) is 0 Å². The summed E-state index contributed by atoms with van der Waals surface area (Å²) in [5, 5.41) is 2.59. The number of hydrogen-bond acceptors (Lipinski definition) is 6. The van der Waals surface area contributed by atoms with Gasteiger partial charge < -0.3 is 23.9 Å². The number of esters is 1. The van der Waals surface area contributed by atoms with Gasteiger partial charge in [0.15, 0.2) is 6.61 Å². The van der Waals surface area contributed by atoms with E-state index in [1.54, 1.807) is 24.3 Å². The Bertz CT molecular complexity index is 1010. The van der Waals surface area contributed by atoms with Crippen molar-refractivity contribution < 1.29 is 32.6 Å². The first-order valence-corrected chi connectivity index (χ1v) is 8.55. The molecule has 8 heteroatoms. The van der Waals surface area contributed by atoms with Crippen molar-refractivity contribution in [2.75, 3.05) is 26.1 Å². The van der Waals surface area contributed by atoms with Gasteiger partial charge in [0.2, 0.25) is 5.76 Å². The molecule has 0 unspecified atom stereocenters. The Hall–Kier alpha value is -3.81. The van der Waals surface area contributed by atoms with E-state index in [9.17, 15) is 14.0 Å². The molecular weight excluding hydrogens is 381 g/mol. The normalized spacial score (nSPS) is 10.3. The predicted molar refractivity (Wildman–Crippen MR) is 103 cm³/mol. The maximum atomic E-state index is 13.0. The van der Waals surface area contributed by atoms with E-state index in [1.165, 1.54) is 44.6 Å². The minimum Gasteiger partial charge on any atom is -0.497 e. The Kier molecular flexibility index (Phi) is 6.13. The first-order valence-electron chi connectivity index (χ1n) is 8.55. The molecule has 7 nitrogen and oxygen atoms in total. The van der Waals surface area contributed by atoms with Crippen molar-refractivity contribution in [2.45, 2.75) is 0 Å². The lowest BCUT2D eigenvalue weighted by Crippen LogP contribution is -2.21. The lowest BCUT2D eigenvalue weighted by Gasteiger charge is -2.11. The largest absolute Gasteiger partial charge is 0.497 e. The molecule has 1 heterocycles. The summed E-state index contributed by atoms with van der Waals surface area (Å²) < 4.78 is 33.7. The molecule has 0 aliphatic rings. The standard InChI is InChI=1S/C21H18FNO6/c1-26-15-7-8-18(27-2)16(11-15)23-20(24)12-28-21(25)19-10-9-17(29-19)13-3-5-14(22)6-4-13/h3-11H,12H2,1-2H3,(H,23,24). The van der Waals surface area contributed by atoms with Gasteiger partial charge in [-0.25, -0.2) is 9.18 Å². The van der Waals surface area contributed by atoms with Crippen LogP contribution in [0.25, 0.3) is 11.3 Å². The first-order chi connectivity index (χ1) is 14.0. The molecule has 0 bridgehead atoms. The van der Waals surface area contributed by atoms with Gasteiger partial charge in [0, 0.05) is 11.6 Å². The summed E-state index contributed by atoms with van der Waals surface area (Å²) in [5.41, 5.74) is 0.984. The summed E-state index contributed by atoms with van der Waals surface area (Å²) in [5.74, 6) is -0.471. The fourth-order valence-corrected chi connectivity index (χ4v) is 2.52.